The molecule has 3 rings (SSSR count). The van der Waals surface area contributed by atoms with E-state index < -0.39 is 5.54 Å². The molecule has 0 aromatic heterocycles. The molecule has 0 radical (unpaired) electrons. The summed E-state index contributed by atoms with van der Waals surface area (Å²) in [6.45, 7) is 1.41. The number of halogens is 1. The lowest BCUT2D eigenvalue weighted by molar-refractivity contribution is -0.121. The molecule has 6 heteroatoms. The van der Waals surface area contributed by atoms with E-state index in [1.165, 1.54) is 0 Å². The summed E-state index contributed by atoms with van der Waals surface area (Å²) in [6.07, 6.45) is 4.65. The Labute approximate surface area is 137 Å². The highest BCUT2D eigenvalue weighted by Gasteiger charge is 2.36. The second kappa shape index (κ2) is 7.31. The van der Waals surface area contributed by atoms with Crippen LogP contribution in [0.15, 0.2) is 24.3 Å². The van der Waals surface area contributed by atoms with Crippen molar-refractivity contribution in [2.75, 3.05) is 18.5 Å². The van der Waals surface area contributed by atoms with Crippen molar-refractivity contribution in [1.29, 1.82) is 0 Å². The van der Waals surface area contributed by atoms with Gasteiger partial charge in [-0.3, -0.25) is 4.79 Å². The molecular weight excluding hydrogens is 304 g/mol. The van der Waals surface area contributed by atoms with Crippen LogP contribution in [0.3, 0.4) is 0 Å². The zero-order valence-electron chi connectivity index (χ0n) is 12.5. The standard InChI is InChI=1S/C16H22N2O3.ClH/c17-16(8-1-2-9-16)15(19)18-12-3-5-13(6-4-12)21-14-7-10-20-11-14;/h3-6,14H,1-2,7-11,17H2,(H,18,19);1H. The van der Waals surface area contributed by atoms with Crippen molar-refractivity contribution >= 4 is 24.0 Å². The van der Waals surface area contributed by atoms with Crippen LogP contribution in [-0.2, 0) is 9.53 Å². The molecule has 3 N–H and O–H groups in total. The average molecular weight is 327 g/mol. The highest BCUT2D eigenvalue weighted by atomic mass is 35.5. The number of nitrogens with two attached hydrogens (primary N) is 1. The quantitative estimate of drug-likeness (QED) is 0.891. The fourth-order valence-corrected chi connectivity index (χ4v) is 2.90. The van der Waals surface area contributed by atoms with Crippen molar-refractivity contribution in [2.45, 2.75) is 43.7 Å². The summed E-state index contributed by atoms with van der Waals surface area (Å²) in [6, 6.07) is 7.43. The van der Waals surface area contributed by atoms with Crippen LogP contribution < -0.4 is 15.8 Å². The van der Waals surface area contributed by atoms with E-state index in [0.29, 0.717) is 6.61 Å². The third-order valence-electron chi connectivity index (χ3n) is 4.25. The Morgan fingerprint density at radius 3 is 2.55 bits per heavy atom. The highest BCUT2D eigenvalue weighted by Crippen LogP contribution is 2.28. The molecule has 1 aliphatic carbocycles. The van der Waals surface area contributed by atoms with Crippen molar-refractivity contribution in [1.82, 2.24) is 0 Å². The van der Waals surface area contributed by atoms with Gasteiger partial charge in [0.2, 0.25) is 5.91 Å². The number of amides is 1. The maximum absolute atomic E-state index is 12.2. The van der Waals surface area contributed by atoms with Crippen LogP contribution in [0, 0.1) is 0 Å². The number of nitrogens with one attached hydrogen (secondary N) is 1. The van der Waals surface area contributed by atoms with Crippen LogP contribution in [-0.4, -0.2) is 30.8 Å². The highest BCUT2D eigenvalue weighted by molar-refractivity contribution is 5.98. The first-order valence-corrected chi connectivity index (χ1v) is 7.60. The lowest BCUT2D eigenvalue weighted by Gasteiger charge is -2.22. The smallest absolute Gasteiger partial charge is 0.244 e. The number of ether oxygens (including phenoxy) is 2. The first kappa shape index (κ1) is 17.1. The predicted molar refractivity (Wildman–Crippen MR) is 87.6 cm³/mol. The van der Waals surface area contributed by atoms with Gasteiger partial charge in [-0.15, -0.1) is 12.4 Å². The molecule has 1 aromatic rings. The lowest BCUT2D eigenvalue weighted by atomic mass is 9.98. The van der Waals surface area contributed by atoms with Gasteiger partial charge in [0.15, 0.2) is 0 Å². The van der Waals surface area contributed by atoms with Gasteiger partial charge in [0.05, 0.1) is 18.8 Å². The van der Waals surface area contributed by atoms with Gasteiger partial charge < -0.3 is 20.5 Å². The molecule has 2 fully saturated rings. The van der Waals surface area contributed by atoms with E-state index in [1.807, 2.05) is 24.3 Å². The first-order chi connectivity index (χ1) is 10.2. The molecule has 0 spiro atoms. The molecule has 2 aliphatic rings. The van der Waals surface area contributed by atoms with Gasteiger partial charge in [-0.05, 0) is 37.1 Å². The average Bonchev–Trinajstić information content (AvgIpc) is 3.13. The molecule has 1 heterocycles. The number of hydrogen-bond acceptors (Lipinski definition) is 4. The van der Waals surface area contributed by atoms with Crippen LogP contribution in [0.1, 0.15) is 32.1 Å². The monoisotopic (exact) mass is 326 g/mol. The summed E-state index contributed by atoms with van der Waals surface area (Å²) < 4.78 is 11.1. The normalized spacial score (nSPS) is 22.9. The molecule has 1 atom stereocenters. The number of anilines is 1. The number of benzene rings is 1. The van der Waals surface area contributed by atoms with Gasteiger partial charge in [-0.2, -0.15) is 0 Å². The summed E-state index contributed by atoms with van der Waals surface area (Å²) in [7, 11) is 0. The number of rotatable bonds is 4. The van der Waals surface area contributed by atoms with Crippen LogP contribution in [0.5, 0.6) is 5.75 Å². The maximum Gasteiger partial charge on any atom is 0.244 e. The fraction of sp³-hybridized carbons (Fsp3) is 0.562. The Hall–Kier alpha value is -1.30. The molecule has 1 unspecified atom stereocenters. The Morgan fingerprint density at radius 1 is 1.27 bits per heavy atom. The summed E-state index contributed by atoms with van der Waals surface area (Å²) in [5.74, 6) is 0.713. The van der Waals surface area contributed by atoms with Crippen molar-refractivity contribution in [2.24, 2.45) is 5.73 Å². The number of carbonyl (C=O) groups is 1. The SMILES string of the molecule is Cl.NC1(C(=O)Nc2ccc(OC3CCOC3)cc2)CCCC1. The molecule has 1 saturated carbocycles. The fourth-order valence-electron chi connectivity index (χ4n) is 2.90. The number of hydrogen-bond donors (Lipinski definition) is 2. The third-order valence-corrected chi connectivity index (χ3v) is 4.25. The van der Waals surface area contributed by atoms with Crippen LogP contribution >= 0.6 is 12.4 Å². The summed E-state index contributed by atoms with van der Waals surface area (Å²) in [5, 5.41) is 2.90. The topological polar surface area (TPSA) is 73.6 Å². The Balaban J connectivity index is 0.00000176. The van der Waals surface area contributed by atoms with E-state index in [0.717, 1.165) is 50.1 Å². The van der Waals surface area contributed by atoms with E-state index >= 15 is 0 Å². The summed E-state index contributed by atoms with van der Waals surface area (Å²) >= 11 is 0. The first-order valence-electron chi connectivity index (χ1n) is 7.60. The van der Waals surface area contributed by atoms with E-state index in [9.17, 15) is 4.79 Å². The van der Waals surface area contributed by atoms with E-state index in [-0.39, 0.29) is 24.4 Å². The Kier molecular flexibility index (Phi) is 5.67. The van der Waals surface area contributed by atoms with E-state index in [2.05, 4.69) is 5.32 Å². The minimum absolute atomic E-state index is 0. The van der Waals surface area contributed by atoms with Crippen molar-refractivity contribution in [3.05, 3.63) is 24.3 Å². The molecule has 0 bridgehead atoms. The van der Waals surface area contributed by atoms with Crippen molar-refractivity contribution < 1.29 is 14.3 Å². The van der Waals surface area contributed by atoms with Crippen LogP contribution in [0.25, 0.3) is 0 Å². The zero-order chi connectivity index (χ0) is 14.7. The molecule has 122 valence electrons. The minimum atomic E-state index is -0.698. The van der Waals surface area contributed by atoms with Crippen LogP contribution in [0.4, 0.5) is 5.69 Å². The zero-order valence-corrected chi connectivity index (χ0v) is 13.4. The van der Waals surface area contributed by atoms with E-state index in [4.69, 9.17) is 15.2 Å². The molecule has 22 heavy (non-hydrogen) atoms. The second-order valence-electron chi connectivity index (χ2n) is 5.95. The minimum Gasteiger partial charge on any atom is -0.488 e. The maximum atomic E-state index is 12.2. The molecule has 1 amide bonds. The predicted octanol–water partition coefficient (Wildman–Crippen LogP) is 2.49. The van der Waals surface area contributed by atoms with Gasteiger partial charge in [0.1, 0.15) is 11.9 Å². The van der Waals surface area contributed by atoms with Gasteiger partial charge >= 0.3 is 0 Å². The lowest BCUT2D eigenvalue weighted by Crippen LogP contribution is -2.48. The molecule has 1 aromatic carbocycles. The molecule has 5 nitrogen and oxygen atoms in total. The van der Waals surface area contributed by atoms with E-state index in [1.54, 1.807) is 0 Å². The van der Waals surface area contributed by atoms with Gasteiger partial charge in [-0.25, -0.2) is 0 Å². The van der Waals surface area contributed by atoms with Crippen molar-refractivity contribution in [3.8, 4) is 5.75 Å². The Morgan fingerprint density at radius 2 is 1.95 bits per heavy atom. The van der Waals surface area contributed by atoms with Crippen molar-refractivity contribution in [3.63, 3.8) is 0 Å². The largest absolute Gasteiger partial charge is 0.488 e. The van der Waals surface area contributed by atoms with Gasteiger partial charge in [0.25, 0.3) is 0 Å². The second-order valence-corrected chi connectivity index (χ2v) is 5.95. The Bertz CT molecular complexity index is 495. The number of carbonyl (C=O) groups excluding carboxylic acids is 1. The molecule has 1 saturated heterocycles. The van der Waals surface area contributed by atoms with Crippen LogP contribution in [0.2, 0.25) is 0 Å². The third kappa shape index (κ3) is 3.91. The summed E-state index contributed by atoms with van der Waals surface area (Å²) in [5.41, 5.74) is 6.20. The summed E-state index contributed by atoms with van der Waals surface area (Å²) in [4.78, 5) is 12.2. The van der Waals surface area contributed by atoms with Gasteiger partial charge in [0, 0.05) is 12.1 Å². The van der Waals surface area contributed by atoms with Gasteiger partial charge in [-0.1, -0.05) is 12.8 Å². The molecular formula is C16H23ClN2O3. The molecule has 1 aliphatic heterocycles.